The fourth-order valence-electron chi connectivity index (χ4n) is 1.23. The Balaban J connectivity index is 3.02. The molecule has 0 atom stereocenters. The van der Waals surface area contributed by atoms with Gasteiger partial charge in [0.2, 0.25) is 0 Å². The monoisotopic (exact) mass is 165 g/mol. The van der Waals surface area contributed by atoms with Gasteiger partial charge in [0.05, 0.1) is 0 Å². The van der Waals surface area contributed by atoms with Gasteiger partial charge in [0.25, 0.3) is 0 Å². The summed E-state index contributed by atoms with van der Waals surface area (Å²) in [6, 6.07) is 8.39. The molecule has 0 nitrogen and oxygen atoms in total. The van der Waals surface area contributed by atoms with Gasteiger partial charge in [-0.25, -0.2) is 0 Å². The molecule has 0 saturated heterocycles. The molecule has 0 fully saturated rings. The highest BCUT2D eigenvalue weighted by Gasteiger charge is 2.02. The summed E-state index contributed by atoms with van der Waals surface area (Å²) < 4.78 is 0. The molecule has 0 heterocycles. The van der Waals surface area contributed by atoms with E-state index in [9.17, 15) is 0 Å². The van der Waals surface area contributed by atoms with Gasteiger partial charge in [0.15, 0.2) is 0 Å². The SMILES string of the molecule is CC(C)c1ccccc1C[S]. The Kier molecular flexibility index (Phi) is 3.01. The van der Waals surface area contributed by atoms with Crippen molar-refractivity contribution < 1.29 is 0 Å². The topological polar surface area (TPSA) is 0 Å². The minimum Gasteiger partial charge on any atom is -0.0890 e. The lowest BCUT2D eigenvalue weighted by molar-refractivity contribution is 0.855. The fourth-order valence-corrected chi connectivity index (χ4v) is 1.49. The average molecular weight is 165 g/mol. The molecular weight excluding hydrogens is 152 g/mol. The summed E-state index contributed by atoms with van der Waals surface area (Å²) in [5.41, 5.74) is 2.69. The highest BCUT2D eigenvalue weighted by atomic mass is 32.1. The lowest BCUT2D eigenvalue weighted by Crippen LogP contribution is -1.92. The van der Waals surface area contributed by atoms with Crippen LogP contribution in [0, 0.1) is 0 Å². The van der Waals surface area contributed by atoms with Crippen molar-refractivity contribution in [3.05, 3.63) is 35.4 Å². The normalized spacial score (nSPS) is 10.5. The van der Waals surface area contributed by atoms with Crippen molar-refractivity contribution in [2.45, 2.75) is 25.5 Å². The number of benzene rings is 1. The van der Waals surface area contributed by atoms with E-state index in [1.54, 1.807) is 0 Å². The molecular formula is C10H13S. The fraction of sp³-hybridized carbons (Fsp3) is 0.400. The Labute approximate surface area is 74.0 Å². The molecule has 0 aliphatic carbocycles. The molecule has 0 N–H and O–H groups in total. The molecule has 1 radical (unpaired) electrons. The third-order valence-electron chi connectivity index (χ3n) is 1.83. The zero-order chi connectivity index (χ0) is 8.27. The molecule has 0 unspecified atom stereocenters. The Hall–Kier alpha value is -0.430. The van der Waals surface area contributed by atoms with Gasteiger partial charge in [-0.3, -0.25) is 0 Å². The molecule has 1 aromatic carbocycles. The molecule has 11 heavy (non-hydrogen) atoms. The van der Waals surface area contributed by atoms with Crippen LogP contribution in [0.2, 0.25) is 0 Å². The average Bonchev–Trinajstić information content (AvgIpc) is 2.04. The largest absolute Gasteiger partial charge is 0.0890 e. The van der Waals surface area contributed by atoms with E-state index < -0.39 is 0 Å². The maximum Gasteiger partial charge on any atom is 0.0291 e. The van der Waals surface area contributed by atoms with E-state index >= 15 is 0 Å². The van der Waals surface area contributed by atoms with E-state index in [2.05, 4.69) is 32.0 Å². The third kappa shape index (κ3) is 2.00. The van der Waals surface area contributed by atoms with Crippen LogP contribution < -0.4 is 0 Å². The molecule has 0 aliphatic rings. The Morgan fingerprint density at radius 3 is 2.36 bits per heavy atom. The number of rotatable bonds is 2. The van der Waals surface area contributed by atoms with Gasteiger partial charge in [0, 0.05) is 5.75 Å². The van der Waals surface area contributed by atoms with Crippen LogP contribution in [-0.4, -0.2) is 0 Å². The lowest BCUT2D eigenvalue weighted by Gasteiger charge is -2.09. The van der Waals surface area contributed by atoms with Gasteiger partial charge < -0.3 is 0 Å². The van der Waals surface area contributed by atoms with Gasteiger partial charge in [-0.05, 0) is 17.0 Å². The molecule has 1 heteroatoms. The van der Waals surface area contributed by atoms with Crippen LogP contribution in [0.25, 0.3) is 0 Å². The maximum absolute atomic E-state index is 5.03. The van der Waals surface area contributed by atoms with Crippen molar-refractivity contribution in [1.29, 1.82) is 0 Å². The van der Waals surface area contributed by atoms with Crippen LogP contribution in [0.3, 0.4) is 0 Å². The lowest BCUT2D eigenvalue weighted by atomic mass is 9.98. The highest BCUT2D eigenvalue weighted by molar-refractivity contribution is 7.79. The van der Waals surface area contributed by atoms with Crippen LogP contribution in [0.4, 0.5) is 0 Å². The van der Waals surface area contributed by atoms with E-state index in [4.69, 9.17) is 12.6 Å². The zero-order valence-corrected chi connectivity index (χ0v) is 7.82. The van der Waals surface area contributed by atoms with Crippen molar-refractivity contribution >= 4 is 12.6 Å². The summed E-state index contributed by atoms with van der Waals surface area (Å²) in [6.45, 7) is 4.40. The van der Waals surface area contributed by atoms with Crippen molar-refractivity contribution in [2.24, 2.45) is 0 Å². The molecule has 59 valence electrons. The summed E-state index contributed by atoms with van der Waals surface area (Å²) in [6.07, 6.45) is 0. The second-order valence-corrected chi connectivity index (χ2v) is 3.29. The van der Waals surface area contributed by atoms with Crippen LogP contribution in [0.5, 0.6) is 0 Å². The minimum absolute atomic E-state index is 0.592. The summed E-state index contributed by atoms with van der Waals surface area (Å²) in [5, 5.41) is 0. The van der Waals surface area contributed by atoms with Crippen LogP contribution in [0.15, 0.2) is 24.3 Å². The molecule has 0 aliphatic heterocycles. The predicted molar refractivity (Wildman–Crippen MR) is 51.8 cm³/mol. The first-order chi connectivity index (χ1) is 5.25. The highest BCUT2D eigenvalue weighted by Crippen LogP contribution is 2.19. The van der Waals surface area contributed by atoms with E-state index in [0.29, 0.717) is 5.92 Å². The zero-order valence-electron chi connectivity index (χ0n) is 7.00. The Morgan fingerprint density at radius 1 is 1.27 bits per heavy atom. The molecule has 0 bridgehead atoms. The molecule has 1 rings (SSSR count). The maximum atomic E-state index is 5.03. The summed E-state index contributed by atoms with van der Waals surface area (Å²) in [7, 11) is 0. The first kappa shape index (κ1) is 8.66. The van der Waals surface area contributed by atoms with Crippen molar-refractivity contribution in [2.75, 3.05) is 0 Å². The summed E-state index contributed by atoms with van der Waals surface area (Å²) in [5.74, 6) is 1.32. The van der Waals surface area contributed by atoms with Crippen LogP contribution >= 0.6 is 12.6 Å². The standard InChI is InChI=1S/C10H13S/c1-8(2)10-6-4-3-5-9(10)7-11/h3-6,8H,7H2,1-2H3. The Morgan fingerprint density at radius 2 is 1.91 bits per heavy atom. The third-order valence-corrected chi connectivity index (χ3v) is 2.14. The van der Waals surface area contributed by atoms with Crippen molar-refractivity contribution in [3.8, 4) is 0 Å². The second kappa shape index (κ2) is 3.82. The predicted octanol–water partition coefficient (Wildman–Crippen LogP) is 3.51. The molecule has 0 amide bonds. The van der Waals surface area contributed by atoms with E-state index in [-0.39, 0.29) is 0 Å². The van der Waals surface area contributed by atoms with Gasteiger partial charge in [-0.15, -0.1) is 0 Å². The van der Waals surface area contributed by atoms with Crippen molar-refractivity contribution in [1.82, 2.24) is 0 Å². The van der Waals surface area contributed by atoms with Gasteiger partial charge in [0.1, 0.15) is 0 Å². The van der Waals surface area contributed by atoms with Gasteiger partial charge in [-0.1, -0.05) is 50.7 Å². The summed E-state index contributed by atoms with van der Waals surface area (Å²) in [4.78, 5) is 0. The number of hydrogen-bond acceptors (Lipinski definition) is 0. The first-order valence-corrected chi connectivity index (χ1v) is 4.49. The molecule has 0 saturated carbocycles. The smallest absolute Gasteiger partial charge is 0.0291 e. The summed E-state index contributed by atoms with van der Waals surface area (Å²) >= 11 is 5.03. The van der Waals surface area contributed by atoms with E-state index in [1.165, 1.54) is 11.1 Å². The van der Waals surface area contributed by atoms with Gasteiger partial charge >= 0.3 is 0 Å². The Bertz CT molecular complexity index is 228. The molecule has 0 aromatic heterocycles. The van der Waals surface area contributed by atoms with E-state index in [1.807, 2.05) is 6.07 Å². The second-order valence-electron chi connectivity index (χ2n) is 3.00. The van der Waals surface area contributed by atoms with Crippen molar-refractivity contribution in [3.63, 3.8) is 0 Å². The van der Waals surface area contributed by atoms with Crippen LogP contribution in [0.1, 0.15) is 30.9 Å². The van der Waals surface area contributed by atoms with E-state index in [0.717, 1.165) is 5.75 Å². The first-order valence-electron chi connectivity index (χ1n) is 3.91. The minimum atomic E-state index is 0.592. The van der Waals surface area contributed by atoms with Crippen LogP contribution in [-0.2, 0) is 5.75 Å². The molecule has 1 aromatic rings. The quantitative estimate of drug-likeness (QED) is 0.629. The van der Waals surface area contributed by atoms with Gasteiger partial charge in [-0.2, -0.15) is 0 Å². The molecule has 0 spiro atoms. The number of hydrogen-bond donors (Lipinski definition) is 0.